The minimum atomic E-state index is -0.772. The van der Waals surface area contributed by atoms with Gasteiger partial charge in [-0.05, 0) is 30.5 Å². The first-order valence-electron chi connectivity index (χ1n) is 11.7. The summed E-state index contributed by atoms with van der Waals surface area (Å²) in [6, 6.07) is 20.4. The summed E-state index contributed by atoms with van der Waals surface area (Å²) in [5.74, 6) is -1.19. The van der Waals surface area contributed by atoms with Crippen LogP contribution in [0.25, 0.3) is 11.3 Å². The summed E-state index contributed by atoms with van der Waals surface area (Å²) in [7, 11) is 0. The molecule has 0 fully saturated rings. The van der Waals surface area contributed by atoms with Crippen molar-refractivity contribution in [2.24, 2.45) is 16.0 Å². The third kappa shape index (κ3) is 4.64. The third-order valence-electron chi connectivity index (χ3n) is 5.91. The predicted molar refractivity (Wildman–Crippen MR) is 140 cm³/mol. The van der Waals surface area contributed by atoms with Crippen LogP contribution in [0.4, 0.5) is 20.2 Å². The zero-order valence-corrected chi connectivity index (χ0v) is 20.7. The highest BCUT2D eigenvalue weighted by atomic mass is 32.1. The first kappa shape index (κ1) is 23.8. The molecule has 0 bridgehead atoms. The average Bonchev–Trinajstić information content (AvgIpc) is 3.38. The number of para-hydroxylation sites is 1. The van der Waals surface area contributed by atoms with Gasteiger partial charge in [0.05, 0.1) is 11.4 Å². The molecular formula is C28H24F2N4OS. The Bertz CT molecular complexity index is 1520. The molecule has 0 unspecified atom stereocenters. The van der Waals surface area contributed by atoms with Crippen molar-refractivity contribution in [2.45, 2.75) is 20.3 Å². The van der Waals surface area contributed by atoms with Crippen molar-refractivity contribution in [1.29, 1.82) is 0 Å². The Morgan fingerprint density at radius 2 is 1.72 bits per heavy atom. The van der Waals surface area contributed by atoms with Gasteiger partial charge in [-0.2, -0.15) is 5.10 Å². The van der Waals surface area contributed by atoms with Gasteiger partial charge in [0, 0.05) is 29.1 Å². The molecule has 0 radical (unpaired) electrons. The van der Waals surface area contributed by atoms with Gasteiger partial charge in [0.15, 0.2) is 11.5 Å². The maximum Gasteiger partial charge on any atom is 0.279 e. The van der Waals surface area contributed by atoms with Gasteiger partial charge in [-0.1, -0.05) is 62.4 Å². The fourth-order valence-corrected chi connectivity index (χ4v) is 4.87. The van der Waals surface area contributed by atoms with Crippen LogP contribution in [0.5, 0.6) is 0 Å². The lowest BCUT2D eigenvalue weighted by Crippen LogP contribution is -2.32. The van der Waals surface area contributed by atoms with E-state index in [2.05, 4.69) is 18.8 Å². The van der Waals surface area contributed by atoms with E-state index in [9.17, 15) is 13.6 Å². The summed E-state index contributed by atoms with van der Waals surface area (Å²) in [6.45, 7) is 4.83. The van der Waals surface area contributed by atoms with Crippen LogP contribution in [0.3, 0.4) is 0 Å². The van der Waals surface area contributed by atoms with Crippen LogP contribution >= 0.6 is 11.3 Å². The number of halogens is 2. The molecule has 0 spiro atoms. The molecule has 1 amide bonds. The SMILES string of the molecule is CC(C)CCN1C(=O)/C(=N/n2c(-c3ccccc3)csc2=Nc2ccc(F)cc2F)c2ccccc21. The zero-order chi connectivity index (χ0) is 25.2. The van der Waals surface area contributed by atoms with E-state index in [4.69, 9.17) is 5.10 Å². The van der Waals surface area contributed by atoms with E-state index in [1.807, 2.05) is 60.0 Å². The molecule has 36 heavy (non-hydrogen) atoms. The van der Waals surface area contributed by atoms with E-state index in [0.29, 0.717) is 28.7 Å². The van der Waals surface area contributed by atoms with Gasteiger partial charge in [0.2, 0.25) is 4.80 Å². The van der Waals surface area contributed by atoms with E-state index >= 15 is 0 Å². The predicted octanol–water partition coefficient (Wildman–Crippen LogP) is 6.37. The maximum atomic E-state index is 14.4. The number of nitrogens with zero attached hydrogens (tertiary/aromatic N) is 4. The number of benzene rings is 3. The Morgan fingerprint density at radius 1 is 0.972 bits per heavy atom. The Balaban J connectivity index is 1.69. The Morgan fingerprint density at radius 3 is 2.47 bits per heavy atom. The van der Waals surface area contributed by atoms with Crippen LogP contribution in [0.15, 0.2) is 88.3 Å². The van der Waals surface area contributed by atoms with Crippen molar-refractivity contribution in [3.8, 4) is 11.3 Å². The minimum Gasteiger partial charge on any atom is -0.306 e. The van der Waals surface area contributed by atoms with Crippen molar-refractivity contribution in [1.82, 2.24) is 4.68 Å². The molecule has 0 atom stereocenters. The number of carbonyl (C=O) groups is 1. The highest BCUT2D eigenvalue weighted by Gasteiger charge is 2.34. The first-order valence-corrected chi connectivity index (χ1v) is 12.6. The summed E-state index contributed by atoms with van der Waals surface area (Å²) in [5, 5.41) is 6.66. The van der Waals surface area contributed by atoms with E-state index in [1.54, 1.807) is 9.58 Å². The molecule has 3 aromatic carbocycles. The lowest BCUT2D eigenvalue weighted by atomic mass is 10.1. The third-order valence-corrected chi connectivity index (χ3v) is 6.72. The van der Waals surface area contributed by atoms with Crippen LogP contribution in [0.1, 0.15) is 25.8 Å². The second-order valence-corrected chi connectivity index (χ2v) is 9.73. The van der Waals surface area contributed by atoms with Crippen LogP contribution in [-0.2, 0) is 4.79 Å². The topological polar surface area (TPSA) is 50.0 Å². The summed E-state index contributed by atoms with van der Waals surface area (Å²) >= 11 is 1.26. The molecule has 1 aliphatic heterocycles. The Kier molecular flexibility index (Phi) is 6.61. The van der Waals surface area contributed by atoms with Crippen molar-refractivity contribution < 1.29 is 13.6 Å². The van der Waals surface area contributed by atoms with Crippen LogP contribution < -0.4 is 9.70 Å². The maximum absolute atomic E-state index is 14.4. The summed E-state index contributed by atoms with van der Waals surface area (Å²) in [5.41, 5.74) is 3.43. The minimum absolute atomic E-state index is 0.0106. The number of hydrogen-bond donors (Lipinski definition) is 0. The number of rotatable bonds is 6. The van der Waals surface area contributed by atoms with Crippen molar-refractivity contribution >= 4 is 34.3 Å². The first-order chi connectivity index (χ1) is 17.4. The van der Waals surface area contributed by atoms with E-state index in [0.717, 1.165) is 35.4 Å². The van der Waals surface area contributed by atoms with Gasteiger partial charge in [-0.15, -0.1) is 11.3 Å². The molecule has 0 saturated heterocycles. The smallest absolute Gasteiger partial charge is 0.279 e. The number of amides is 1. The summed E-state index contributed by atoms with van der Waals surface area (Å²) in [6.07, 6.45) is 0.860. The normalized spacial score (nSPS) is 14.8. The molecule has 1 aromatic heterocycles. The standard InChI is InChI=1S/C28H24F2N4OS/c1-18(2)14-15-33-24-11-7-6-10-21(24)26(27(33)35)32-34-25(19-8-4-3-5-9-19)17-36-28(34)31-23-13-12-20(29)16-22(23)30/h3-13,16-18H,14-15H2,1-2H3/b31-28?,32-26+. The molecular weight excluding hydrogens is 478 g/mol. The van der Waals surface area contributed by atoms with E-state index < -0.39 is 11.6 Å². The van der Waals surface area contributed by atoms with Crippen LogP contribution in [0.2, 0.25) is 0 Å². The van der Waals surface area contributed by atoms with Crippen molar-refractivity contribution in [3.05, 3.63) is 100 Å². The fraction of sp³-hybridized carbons (Fsp3) is 0.179. The number of hydrogen-bond acceptors (Lipinski definition) is 4. The van der Waals surface area contributed by atoms with Gasteiger partial charge >= 0.3 is 0 Å². The molecule has 2 heterocycles. The molecule has 182 valence electrons. The lowest BCUT2D eigenvalue weighted by molar-refractivity contribution is -0.112. The average molecular weight is 503 g/mol. The van der Waals surface area contributed by atoms with E-state index in [1.165, 1.54) is 17.4 Å². The molecule has 1 aliphatic rings. The number of carbonyl (C=O) groups excluding carboxylic acids is 1. The van der Waals surface area contributed by atoms with Crippen LogP contribution in [-0.4, -0.2) is 22.8 Å². The highest BCUT2D eigenvalue weighted by Crippen LogP contribution is 2.31. The molecule has 0 N–H and O–H groups in total. The molecule has 5 nitrogen and oxygen atoms in total. The second-order valence-electron chi connectivity index (χ2n) is 8.89. The lowest BCUT2D eigenvalue weighted by Gasteiger charge is -2.17. The fourth-order valence-electron chi connectivity index (χ4n) is 4.02. The van der Waals surface area contributed by atoms with Gasteiger partial charge in [-0.25, -0.2) is 18.4 Å². The van der Waals surface area contributed by atoms with Gasteiger partial charge < -0.3 is 4.90 Å². The van der Waals surface area contributed by atoms with E-state index in [-0.39, 0.29) is 11.6 Å². The summed E-state index contributed by atoms with van der Waals surface area (Å²) < 4.78 is 29.4. The molecule has 0 saturated carbocycles. The number of thiazole rings is 1. The van der Waals surface area contributed by atoms with Crippen molar-refractivity contribution in [2.75, 3.05) is 11.4 Å². The molecule has 8 heteroatoms. The van der Waals surface area contributed by atoms with Gasteiger partial charge in [0.1, 0.15) is 11.5 Å². The van der Waals surface area contributed by atoms with Gasteiger partial charge in [0.25, 0.3) is 5.91 Å². The Labute approximate surface area is 211 Å². The van der Waals surface area contributed by atoms with Gasteiger partial charge in [-0.3, -0.25) is 4.79 Å². The number of aromatic nitrogens is 1. The van der Waals surface area contributed by atoms with Crippen molar-refractivity contribution in [3.63, 3.8) is 0 Å². The quantitative estimate of drug-likeness (QED) is 0.302. The Hall–Kier alpha value is -3.91. The highest BCUT2D eigenvalue weighted by molar-refractivity contribution is 7.07. The zero-order valence-electron chi connectivity index (χ0n) is 19.9. The number of anilines is 1. The molecule has 4 aromatic rings. The second kappa shape index (κ2) is 9.99. The largest absolute Gasteiger partial charge is 0.306 e. The number of fused-ring (bicyclic) bond motifs is 1. The monoisotopic (exact) mass is 502 g/mol. The summed E-state index contributed by atoms with van der Waals surface area (Å²) in [4.78, 5) is 20.1. The molecule has 0 aliphatic carbocycles. The molecule has 5 rings (SSSR count). The van der Waals surface area contributed by atoms with Crippen LogP contribution in [0, 0.1) is 17.6 Å².